The Morgan fingerprint density at radius 3 is 2.56 bits per heavy atom. The molecule has 90 valence electrons. The fraction of sp³-hybridized carbons (Fsp3) is 0.571. The summed E-state index contributed by atoms with van der Waals surface area (Å²) < 4.78 is 0. The predicted molar refractivity (Wildman–Crippen MR) is 72.2 cm³/mol. The Labute approximate surface area is 99.7 Å². The van der Waals surface area contributed by atoms with Crippen LogP contribution < -0.4 is 10.2 Å². The van der Waals surface area contributed by atoms with E-state index in [9.17, 15) is 0 Å². The number of anilines is 1. The molecular formula is C14H24N2. The van der Waals surface area contributed by atoms with E-state index in [1.807, 2.05) is 0 Å². The van der Waals surface area contributed by atoms with Crippen LogP contribution in [-0.4, -0.2) is 25.7 Å². The fourth-order valence-electron chi connectivity index (χ4n) is 2.08. The average Bonchev–Trinajstić information content (AvgIpc) is 2.16. The summed E-state index contributed by atoms with van der Waals surface area (Å²) in [6.07, 6.45) is 0. The summed E-state index contributed by atoms with van der Waals surface area (Å²) in [5.74, 6) is 0. The molecule has 0 unspecified atom stereocenters. The first-order valence-corrected chi connectivity index (χ1v) is 5.97. The SMILES string of the molecule is CCNC(C)(C)CN(C)c1cccc(C)c1. The first-order chi connectivity index (χ1) is 7.44. The molecule has 0 amide bonds. The van der Waals surface area contributed by atoms with Crippen LogP contribution in [0, 0.1) is 6.92 Å². The van der Waals surface area contributed by atoms with Crippen LogP contribution in [0.2, 0.25) is 0 Å². The third-order valence-electron chi connectivity index (χ3n) is 2.73. The third kappa shape index (κ3) is 3.86. The summed E-state index contributed by atoms with van der Waals surface area (Å²) in [7, 11) is 2.15. The minimum Gasteiger partial charge on any atom is -0.373 e. The van der Waals surface area contributed by atoms with Crippen LogP contribution in [0.1, 0.15) is 26.3 Å². The number of nitrogens with one attached hydrogen (secondary N) is 1. The maximum atomic E-state index is 3.50. The second-order valence-corrected chi connectivity index (χ2v) is 5.11. The molecule has 0 fully saturated rings. The van der Waals surface area contributed by atoms with E-state index in [2.05, 4.69) is 69.2 Å². The van der Waals surface area contributed by atoms with Gasteiger partial charge in [-0.15, -0.1) is 0 Å². The lowest BCUT2D eigenvalue weighted by Gasteiger charge is -2.32. The zero-order valence-electron chi connectivity index (χ0n) is 11.2. The highest BCUT2D eigenvalue weighted by Crippen LogP contribution is 2.16. The molecule has 1 aromatic carbocycles. The molecule has 0 heterocycles. The highest BCUT2D eigenvalue weighted by Gasteiger charge is 2.18. The smallest absolute Gasteiger partial charge is 0.0366 e. The molecule has 0 spiro atoms. The van der Waals surface area contributed by atoms with Crippen molar-refractivity contribution in [3.63, 3.8) is 0 Å². The Morgan fingerprint density at radius 2 is 2.00 bits per heavy atom. The fourth-order valence-corrected chi connectivity index (χ4v) is 2.08. The normalized spacial score (nSPS) is 11.6. The number of likely N-dealkylation sites (N-methyl/N-ethyl adjacent to an activating group) is 2. The van der Waals surface area contributed by atoms with E-state index in [0.29, 0.717) is 0 Å². The molecular weight excluding hydrogens is 196 g/mol. The first kappa shape index (κ1) is 13.0. The third-order valence-corrected chi connectivity index (χ3v) is 2.73. The molecule has 0 aromatic heterocycles. The highest BCUT2D eigenvalue weighted by atomic mass is 15.1. The highest BCUT2D eigenvalue weighted by molar-refractivity contribution is 5.48. The van der Waals surface area contributed by atoms with Crippen LogP contribution in [0.5, 0.6) is 0 Å². The number of benzene rings is 1. The number of rotatable bonds is 5. The van der Waals surface area contributed by atoms with Gasteiger partial charge in [0.1, 0.15) is 0 Å². The standard InChI is InChI=1S/C14H24N2/c1-6-15-14(3,4)11-16(5)13-9-7-8-12(2)10-13/h7-10,15H,6,11H2,1-5H3. The number of aryl methyl sites for hydroxylation is 1. The zero-order valence-corrected chi connectivity index (χ0v) is 11.2. The van der Waals surface area contributed by atoms with Crippen LogP contribution in [0.4, 0.5) is 5.69 Å². The van der Waals surface area contributed by atoms with Gasteiger partial charge in [-0.2, -0.15) is 0 Å². The van der Waals surface area contributed by atoms with Gasteiger partial charge < -0.3 is 10.2 Å². The molecule has 0 radical (unpaired) electrons. The average molecular weight is 220 g/mol. The van der Waals surface area contributed by atoms with E-state index in [1.54, 1.807) is 0 Å². The number of hydrogen-bond donors (Lipinski definition) is 1. The van der Waals surface area contributed by atoms with Crippen molar-refractivity contribution in [1.82, 2.24) is 5.32 Å². The lowest BCUT2D eigenvalue weighted by atomic mass is 10.0. The van der Waals surface area contributed by atoms with Crippen LogP contribution in [0.3, 0.4) is 0 Å². The summed E-state index contributed by atoms with van der Waals surface area (Å²) in [5.41, 5.74) is 2.74. The summed E-state index contributed by atoms with van der Waals surface area (Å²) in [6, 6.07) is 8.63. The van der Waals surface area contributed by atoms with Crippen molar-refractivity contribution in [3.05, 3.63) is 29.8 Å². The van der Waals surface area contributed by atoms with E-state index in [1.165, 1.54) is 11.3 Å². The second kappa shape index (κ2) is 5.35. The van der Waals surface area contributed by atoms with Gasteiger partial charge in [0.05, 0.1) is 0 Å². The van der Waals surface area contributed by atoms with Gasteiger partial charge in [0.15, 0.2) is 0 Å². The van der Waals surface area contributed by atoms with Gasteiger partial charge in [-0.05, 0) is 45.0 Å². The van der Waals surface area contributed by atoms with Gasteiger partial charge >= 0.3 is 0 Å². The van der Waals surface area contributed by atoms with Crippen LogP contribution in [0.25, 0.3) is 0 Å². The van der Waals surface area contributed by atoms with Gasteiger partial charge in [-0.25, -0.2) is 0 Å². The molecule has 1 aromatic rings. The van der Waals surface area contributed by atoms with Gasteiger partial charge in [-0.1, -0.05) is 19.1 Å². The minimum absolute atomic E-state index is 0.146. The maximum absolute atomic E-state index is 3.50. The molecule has 0 aliphatic carbocycles. The van der Waals surface area contributed by atoms with Gasteiger partial charge in [0.25, 0.3) is 0 Å². The van der Waals surface area contributed by atoms with Crippen molar-refractivity contribution in [3.8, 4) is 0 Å². The van der Waals surface area contributed by atoms with Crippen LogP contribution in [0.15, 0.2) is 24.3 Å². The quantitative estimate of drug-likeness (QED) is 0.821. The van der Waals surface area contributed by atoms with Crippen molar-refractivity contribution in [2.75, 3.05) is 25.0 Å². The van der Waals surface area contributed by atoms with Crippen molar-refractivity contribution in [1.29, 1.82) is 0 Å². The Morgan fingerprint density at radius 1 is 1.31 bits per heavy atom. The topological polar surface area (TPSA) is 15.3 Å². The molecule has 0 aliphatic rings. The molecule has 16 heavy (non-hydrogen) atoms. The van der Waals surface area contributed by atoms with Crippen molar-refractivity contribution >= 4 is 5.69 Å². The molecule has 0 saturated carbocycles. The predicted octanol–water partition coefficient (Wildman–Crippen LogP) is 2.82. The first-order valence-electron chi connectivity index (χ1n) is 5.97. The maximum Gasteiger partial charge on any atom is 0.0366 e. The molecule has 0 saturated heterocycles. The summed E-state index contributed by atoms with van der Waals surface area (Å²) in [5, 5.41) is 3.50. The molecule has 0 atom stereocenters. The Bertz CT molecular complexity index is 331. The number of nitrogens with zero attached hydrogens (tertiary/aromatic N) is 1. The van der Waals surface area contributed by atoms with Crippen molar-refractivity contribution < 1.29 is 0 Å². The van der Waals surface area contributed by atoms with Crippen molar-refractivity contribution in [2.24, 2.45) is 0 Å². The Balaban J connectivity index is 2.68. The van der Waals surface area contributed by atoms with E-state index in [-0.39, 0.29) is 5.54 Å². The van der Waals surface area contributed by atoms with E-state index in [0.717, 1.165) is 13.1 Å². The Hall–Kier alpha value is -1.02. The molecule has 2 heteroatoms. The second-order valence-electron chi connectivity index (χ2n) is 5.11. The lowest BCUT2D eigenvalue weighted by molar-refractivity contribution is 0.403. The molecule has 0 bridgehead atoms. The number of hydrogen-bond acceptors (Lipinski definition) is 2. The van der Waals surface area contributed by atoms with E-state index in [4.69, 9.17) is 0 Å². The van der Waals surface area contributed by atoms with Gasteiger partial charge in [-0.3, -0.25) is 0 Å². The molecule has 1 rings (SSSR count). The van der Waals surface area contributed by atoms with Gasteiger partial charge in [0, 0.05) is 24.8 Å². The molecule has 0 aliphatic heterocycles. The Kier molecular flexibility index (Phi) is 4.36. The molecule has 1 N–H and O–H groups in total. The zero-order chi connectivity index (χ0) is 12.2. The van der Waals surface area contributed by atoms with Crippen LogP contribution in [-0.2, 0) is 0 Å². The largest absolute Gasteiger partial charge is 0.373 e. The van der Waals surface area contributed by atoms with E-state index < -0.39 is 0 Å². The monoisotopic (exact) mass is 220 g/mol. The minimum atomic E-state index is 0.146. The van der Waals surface area contributed by atoms with Gasteiger partial charge in [0.2, 0.25) is 0 Å². The van der Waals surface area contributed by atoms with Crippen LogP contribution >= 0.6 is 0 Å². The summed E-state index contributed by atoms with van der Waals surface area (Å²) in [6.45, 7) is 10.8. The lowest BCUT2D eigenvalue weighted by Crippen LogP contribution is -2.48. The summed E-state index contributed by atoms with van der Waals surface area (Å²) >= 11 is 0. The summed E-state index contributed by atoms with van der Waals surface area (Å²) in [4.78, 5) is 2.30. The van der Waals surface area contributed by atoms with Crippen molar-refractivity contribution in [2.45, 2.75) is 33.2 Å². The molecule has 2 nitrogen and oxygen atoms in total. The van der Waals surface area contributed by atoms with E-state index >= 15 is 0 Å².